The molecule has 1 N–H and O–H groups in total. The van der Waals surface area contributed by atoms with Crippen LogP contribution in [0.5, 0.6) is 0 Å². The van der Waals surface area contributed by atoms with E-state index in [0.29, 0.717) is 18.2 Å². The molecule has 2 rings (SSSR count). The Kier molecular flexibility index (Phi) is 6.93. The Balaban J connectivity index is 1.81. The van der Waals surface area contributed by atoms with E-state index in [1.165, 1.54) is 11.1 Å². The number of hydrogen-bond donors (Lipinski definition) is 1. The Hall–Kier alpha value is -1.04. The lowest BCUT2D eigenvalue weighted by Crippen LogP contribution is -2.32. The van der Waals surface area contributed by atoms with Crippen molar-refractivity contribution in [2.45, 2.75) is 12.7 Å². The van der Waals surface area contributed by atoms with Crippen LogP contribution < -0.4 is 0 Å². The minimum Gasteiger partial charge on any atom is -0.396 e. The molecule has 1 fully saturated rings. The smallest absolute Gasteiger partial charge is 0.232 e. The first-order valence-electron chi connectivity index (χ1n) is 8.17. The van der Waals surface area contributed by atoms with Crippen molar-refractivity contribution in [3.63, 3.8) is 0 Å². The molecular weight excluding hydrogens is 308 g/mol. The standard InChI is InChI=1S/C18H28N2O2S/c1-14-6-4-5-7-15(14)12-23-13-18(22)20-9-16(8-19(2)3)17(10-20)11-21/h4-7,16-17,21H,8-13H2,1-3H3/t16-,17-/m1/s1. The summed E-state index contributed by atoms with van der Waals surface area (Å²) < 4.78 is 0. The molecule has 23 heavy (non-hydrogen) atoms. The molecule has 128 valence electrons. The highest BCUT2D eigenvalue weighted by Gasteiger charge is 2.34. The fourth-order valence-corrected chi connectivity index (χ4v) is 4.14. The maximum Gasteiger partial charge on any atom is 0.232 e. The van der Waals surface area contributed by atoms with Crippen LogP contribution in [0.4, 0.5) is 0 Å². The summed E-state index contributed by atoms with van der Waals surface area (Å²) in [5.41, 5.74) is 2.57. The van der Waals surface area contributed by atoms with Crippen molar-refractivity contribution >= 4 is 17.7 Å². The predicted molar refractivity (Wildman–Crippen MR) is 96.5 cm³/mol. The lowest BCUT2D eigenvalue weighted by atomic mass is 9.97. The van der Waals surface area contributed by atoms with Gasteiger partial charge in [-0.2, -0.15) is 0 Å². The molecular formula is C18H28N2O2S. The molecule has 1 aromatic rings. The number of hydrogen-bond acceptors (Lipinski definition) is 4. The molecule has 1 heterocycles. The van der Waals surface area contributed by atoms with Gasteiger partial charge in [-0.25, -0.2) is 0 Å². The SMILES string of the molecule is Cc1ccccc1CSCC(=O)N1C[C@@H](CN(C)C)[C@@H](CO)C1. The van der Waals surface area contributed by atoms with Gasteiger partial charge >= 0.3 is 0 Å². The highest BCUT2D eigenvalue weighted by molar-refractivity contribution is 7.99. The molecule has 1 aliphatic rings. The van der Waals surface area contributed by atoms with E-state index in [2.05, 4.69) is 24.0 Å². The van der Waals surface area contributed by atoms with Crippen molar-refractivity contribution in [3.05, 3.63) is 35.4 Å². The van der Waals surface area contributed by atoms with Crippen LogP contribution in [0.3, 0.4) is 0 Å². The first kappa shape index (κ1) is 18.3. The number of carbonyl (C=O) groups is 1. The van der Waals surface area contributed by atoms with Gasteiger partial charge in [0, 0.05) is 37.9 Å². The molecule has 1 aliphatic heterocycles. The third kappa shape index (κ3) is 5.23. The van der Waals surface area contributed by atoms with Crippen LogP contribution in [-0.2, 0) is 10.5 Å². The molecule has 0 radical (unpaired) electrons. The van der Waals surface area contributed by atoms with E-state index >= 15 is 0 Å². The van der Waals surface area contributed by atoms with Crippen molar-refractivity contribution in [3.8, 4) is 0 Å². The van der Waals surface area contributed by atoms with Gasteiger partial charge in [0.1, 0.15) is 0 Å². The van der Waals surface area contributed by atoms with Crippen LogP contribution in [0.25, 0.3) is 0 Å². The van der Waals surface area contributed by atoms with Crippen molar-refractivity contribution < 1.29 is 9.90 Å². The Labute approximate surface area is 143 Å². The van der Waals surface area contributed by atoms with Crippen LogP contribution >= 0.6 is 11.8 Å². The molecule has 1 aromatic carbocycles. The number of aliphatic hydroxyl groups excluding tert-OH is 1. The fourth-order valence-electron chi connectivity index (χ4n) is 3.14. The van der Waals surface area contributed by atoms with Crippen LogP contribution in [0.1, 0.15) is 11.1 Å². The van der Waals surface area contributed by atoms with E-state index in [4.69, 9.17) is 0 Å². The fraction of sp³-hybridized carbons (Fsp3) is 0.611. The van der Waals surface area contributed by atoms with Gasteiger partial charge in [0.25, 0.3) is 0 Å². The Bertz CT molecular complexity index is 521. The van der Waals surface area contributed by atoms with Gasteiger partial charge < -0.3 is 14.9 Å². The third-order valence-corrected chi connectivity index (χ3v) is 5.47. The lowest BCUT2D eigenvalue weighted by Gasteiger charge is -2.20. The Morgan fingerprint density at radius 1 is 1.30 bits per heavy atom. The molecule has 5 heteroatoms. The van der Waals surface area contributed by atoms with Crippen LogP contribution in [0.2, 0.25) is 0 Å². The monoisotopic (exact) mass is 336 g/mol. The maximum absolute atomic E-state index is 12.4. The first-order chi connectivity index (χ1) is 11.0. The summed E-state index contributed by atoms with van der Waals surface area (Å²) in [7, 11) is 4.08. The van der Waals surface area contributed by atoms with Crippen LogP contribution in [-0.4, -0.2) is 66.9 Å². The summed E-state index contributed by atoms with van der Waals surface area (Å²) in [5.74, 6) is 2.17. The average Bonchev–Trinajstić information content (AvgIpc) is 2.91. The number of amides is 1. The molecule has 2 atom stereocenters. The lowest BCUT2D eigenvalue weighted by molar-refractivity contribution is -0.127. The van der Waals surface area contributed by atoms with Crippen molar-refractivity contribution in [1.29, 1.82) is 0 Å². The van der Waals surface area contributed by atoms with Gasteiger partial charge in [0.15, 0.2) is 0 Å². The molecule has 1 saturated heterocycles. The van der Waals surface area contributed by atoms with E-state index in [9.17, 15) is 9.90 Å². The number of aryl methyl sites for hydroxylation is 1. The zero-order valence-corrected chi connectivity index (χ0v) is 15.2. The van der Waals surface area contributed by atoms with Gasteiger partial charge in [0.05, 0.1) is 5.75 Å². The number of nitrogens with zero attached hydrogens (tertiary/aromatic N) is 2. The molecule has 0 spiro atoms. The topological polar surface area (TPSA) is 43.8 Å². The van der Waals surface area contributed by atoms with E-state index in [0.717, 1.165) is 18.8 Å². The molecule has 1 amide bonds. The zero-order valence-electron chi connectivity index (χ0n) is 14.4. The van der Waals surface area contributed by atoms with Gasteiger partial charge in [-0.05, 0) is 38.1 Å². The van der Waals surface area contributed by atoms with Crippen molar-refractivity contribution in [2.75, 3.05) is 46.1 Å². The molecule has 0 unspecified atom stereocenters. The summed E-state index contributed by atoms with van der Waals surface area (Å²) in [6, 6.07) is 8.31. The molecule has 4 nitrogen and oxygen atoms in total. The highest BCUT2D eigenvalue weighted by Crippen LogP contribution is 2.25. The molecule has 0 aliphatic carbocycles. The molecule has 0 bridgehead atoms. The Morgan fingerprint density at radius 2 is 2.00 bits per heavy atom. The first-order valence-corrected chi connectivity index (χ1v) is 9.32. The van der Waals surface area contributed by atoms with E-state index < -0.39 is 0 Å². The number of likely N-dealkylation sites (tertiary alicyclic amines) is 1. The van der Waals surface area contributed by atoms with Gasteiger partial charge in [-0.1, -0.05) is 24.3 Å². The summed E-state index contributed by atoms with van der Waals surface area (Å²) in [5, 5.41) is 9.54. The average molecular weight is 337 g/mol. The Morgan fingerprint density at radius 3 is 2.65 bits per heavy atom. The van der Waals surface area contributed by atoms with E-state index in [1.54, 1.807) is 11.8 Å². The second-order valence-corrected chi connectivity index (χ2v) is 7.67. The van der Waals surface area contributed by atoms with Gasteiger partial charge in [-0.3, -0.25) is 4.79 Å². The van der Waals surface area contributed by atoms with Crippen molar-refractivity contribution in [1.82, 2.24) is 9.80 Å². The maximum atomic E-state index is 12.4. The quantitative estimate of drug-likeness (QED) is 0.825. The number of aliphatic hydroxyl groups is 1. The predicted octanol–water partition coefficient (Wildman–Crippen LogP) is 1.86. The summed E-state index contributed by atoms with van der Waals surface area (Å²) in [4.78, 5) is 16.5. The van der Waals surface area contributed by atoms with E-state index in [1.807, 2.05) is 31.1 Å². The van der Waals surface area contributed by atoms with E-state index in [-0.39, 0.29) is 18.4 Å². The number of carbonyl (C=O) groups excluding carboxylic acids is 1. The minimum absolute atomic E-state index is 0.165. The summed E-state index contributed by atoms with van der Waals surface area (Å²) >= 11 is 1.68. The summed E-state index contributed by atoms with van der Waals surface area (Å²) in [6.07, 6.45) is 0. The second-order valence-electron chi connectivity index (χ2n) is 6.68. The molecule has 0 aromatic heterocycles. The third-order valence-electron chi connectivity index (χ3n) is 4.51. The minimum atomic E-state index is 0.165. The molecule has 0 saturated carbocycles. The highest BCUT2D eigenvalue weighted by atomic mass is 32.2. The van der Waals surface area contributed by atoms with Gasteiger partial charge in [-0.15, -0.1) is 11.8 Å². The number of benzene rings is 1. The summed E-state index contributed by atoms with van der Waals surface area (Å²) in [6.45, 7) is 4.66. The largest absolute Gasteiger partial charge is 0.396 e. The van der Waals surface area contributed by atoms with Crippen LogP contribution in [0, 0.1) is 18.8 Å². The number of rotatable bonds is 7. The normalized spacial score (nSPS) is 21.2. The van der Waals surface area contributed by atoms with Crippen LogP contribution in [0.15, 0.2) is 24.3 Å². The number of thioether (sulfide) groups is 1. The second kappa shape index (κ2) is 8.71. The zero-order chi connectivity index (χ0) is 16.8. The van der Waals surface area contributed by atoms with Crippen molar-refractivity contribution in [2.24, 2.45) is 11.8 Å². The van der Waals surface area contributed by atoms with Gasteiger partial charge in [0.2, 0.25) is 5.91 Å².